The van der Waals surface area contributed by atoms with E-state index in [0.29, 0.717) is 16.3 Å². The maximum Gasteiger partial charge on any atom is 0.200 e. The second kappa shape index (κ2) is 2.88. The van der Waals surface area contributed by atoms with E-state index in [4.69, 9.17) is 0 Å². The fourth-order valence-corrected chi connectivity index (χ4v) is 1.88. The molecule has 1 atom stereocenters. The Bertz CT molecular complexity index is 478. The highest BCUT2D eigenvalue weighted by molar-refractivity contribution is 7.84. The highest BCUT2D eigenvalue weighted by Gasteiger charge is 2.10. The molecule has 68 valence electrons. The fourth-order valence-electron chi connectivity index (χ4n) is 1.18. The van der Waals surface area contributed by atoms with Crippen LogP contribution in [-0.2, 0) is 17.8 Å². The number of aryl methyl sites for hydroxylation is 1. The van der Waals surface area contributed by atoms with Gasteiger partial charge in [-0.05, 0) is 0 Å². The van der Waals surface area contributed by atoms with Crippen molar-refractivity contribution in [2.45, 2.75) is 5.16 Å². The zero-order chi connectivity index (χ0) is 9.42. The number of aromatic nitrogens is 4. The van der Waals surface area contributed by atoms with Crippen molar-refractivity contribution in [2.75, 3.05) is 6.26 Å². The van der Waals surface area contributed by atoms with Gasteiger partial charge >= 0.3 is 0 Å². The maximum absolute atomic E-state index is 11.2. The van der Waals surface area contributed by atoms with Crippen LogP contribution in [0.15, 0.2) is 17.7 Å². The summed E-state index contributed by atoms with van der Waals surface area (Å²) in [6.07, 6.45) is 4.65. The smallest absolute Gasteiger partial charge is 0.200 e. The number of hydrogen-bond acceptors (Lipinski definition) is 4. The average molecular weight is 196 g/mol. The Balaban J connectivity index is 2.81. The first-order valence-corrected chi connectivity index (χ1v) is 5.22. The predicted octanol–water partition coefficient (Wildman–Crippen LogP) is 0.101. The van der Waals surface area contributed by atoms with Gasteiger partial charge in [0.05, 0.1) is 17.0 Å². The van der Waals surface area contributed by atoms with Gasteiger partial charge in [-0.15, -0.1) is 0 Å². The van der Waals surface area contributed by atoms with E-state index in [9.17, 15) is 4.21 Å². The summed E-state index contributed by atoms with van der Waals surface area (Å²) >= 11 is 0. The van der Waals surface area contributed by atoms with Gasteiger partial charge in [-0.1, -0.05) is 0 Å². The Labute approximate surface area is 77.3 Å². The Morgan fingerprint density at radius 1 is 1.54 bits per heavy atom. The van der Waals surface area contributed by atoms with Gasteiger partial charge in [0, 0.05) is 13.3 Å². The summed E-state index contributed by atoms with van der Waals surface area (Å²) in [6.45, 7) is 0. The van der Waals surface area contributed by atoms with Crippen LogP contribution in [0.1, 0.15) is 0 Å². The van der Waals surface area contributed by atoms with Crippen LogP contribution in [0.4, 0.5) is 0 Å². The van der Waals surface area contributed by atoms with E-state index in [1.54, 1.807) is 24.1 Å². The lowest BCUT2D eigenvalue weighted by Crippen LogP contribution is -1.99. The first-order valence-electron chi connectivity index (χ1n) is 3.66. The Kier molecular flexibility index (Phi) is 1.84. The molecule has 2 aromatic heterocycles. The summed E-state index contributed by atoms with van der Waals surface area (Å²) in [4.78, 5) is 12.0. The van der Waals surface area contributed by atoms with E-state index in [-0.39, 0.29) is 0 Å². The molecule has 0 saturated carbocycles. The molecule has 0 radical (unpaired) electrons. The van der Waals surface area contributed by atoms with Crippen LogP contribution in [-0.4, -0.2) is 30.0 Å². The Morgan fingerprint density at radius 3 is 2.92 bits per heavy atom. The molecule has 2 aromatic rings. The van der Waals surface area contributed by atoms with Crippen molar-refractivity contribution < 1.29 is 4.21 Å². The molecule has 0 N–H and O–H groups in total. The van der Waals surface area contributed by atoms with Crippen molar-refractivity contribution >= 4 is 22.0 Å². The van der Waals surface area contributed by atoms with Crippen molar-refractivity contribution in [1.82, 2.24) is 19.5 Å². The quantitative estimate of drug-likeness (QED) is 0.649. The van der Waals surface area contributed by atoms with Crippen molar-refractivity contribution in [3.05, 3.63) is 12.5 Å². The third kappa shape index (κ3) is 1.23. The van der Waals surface area contributed by atoms with E-state index < -0.39 is 10.8 Å². The molecule has 1 unspecified atom stereocenters. The lowest BCUT2D eigenvalue weighted by molar-refractivity contribution is 0.671. The molecule has 13 heavy (non-hydrogen) atoms. The topological polar surface area (TPSA) is 60.7 Å². The number of hydrogen-bond donors (Lipinski definition) is 0. The standard InChI is InChI=1S/C7H8N4OS/c1-11-6-5(3-8-4-9-6)10-7(11)13(2)12/h3-4H,1-2H3. The van der Waals surface area contributed by atoms with Crippen LogP contribution in [0.25, 0.3) is 11.2 Å². The first kappa shape index (κ1) is 8.31. The van der Waals surface area contributed by atoms with Gasteiger partial charge in [0.15, 0.2) is 5.65 Å². The SMILES string of the molecule is Cn1c(S(C)=O)nc2cncnc21. The minimum atomic E-state index is -1.09. The minimum absolute atomic E-state index is 0.524. The molecule has 0 saturated heterocycles. The van der Waals surface area contributed by atoms with Crippen molar-refractivity contribution in [1.29, 1.82) is 0 Å². The summed E-state index contributed by atoms with van der Waals surface area (Å²) in [6, 6.07) is 0. The number of imidazole rings is 1. The van der Waals surface area contributed by atoms with Gasteiger partial charge in [0.1, 0.15) is 11.8 Å². The zero-order valence-electron chi connectivity index (χ0n) is 7.26. The van der Waals surface area contributed by atoms with Crippen LogP contribution in [0.5, 0.6) is 0 Å². The van der Waals surface area contributed by atoms with Gasteiger partial charge in [-0.25, -0.2) is 15.0 Å². The van der Waals surface area contributed by atoms with Gasteiger partial charge < -0.3 is 4.57 Å². The van der Waals surface area contributed by atoms with E-state index in [2.05, 4.69) is 15.0 Å². The number of nitrogens with zero attached hydrogens (tertiary/aromatic N) is 4. The average Bonchev–Trinajstić information content (AvgIpc) is 2.45. The number of fused-ring (bicyclic) bond motifs is 1. The molecule has 0 aliphatic heterocycles. The predicted molar refractivity (Wildman–Crippen MR) is 48.6 cm³/mol. The highest BCUT2D eigenvalue weighted by atomic mass is 32.2. The maximum atomic E-state index is 11.2. The molecule has 0 fully saturated rings. The molecule has 2 heterocycles. The molecule has 0 spiro atoms. The van der Waals surface area contributed by atoms with Gasteiger partial charge in [-0.3, -0.25) is 4.21 Å². The van der Waals surface area contributed by atoms with Gasteiger partial charge in [-0.2, -0.15) is 0 Å². The molecule has 6 heteroatoms. The molecule has 2 rings (SSSR count). The summed E-state index contributed by atoms with van der Waals surface area (Å²) in [5, 5.41) is 0.524. The summed E-state index contributed by atoms with van der Waals surface area (Å²) < 4.78 is 12.9. The molecule has 0 bridgehead atoms. The fraction of sp³-hybridized carbons (Fsp3) is 0.286. The molecular formula is C7H8N4OS. The van der Waals surface area contributed by atoms with E-state index in [0.717, 1.165) is 0 Å². The molecule has 0 amide bonds. The van der Waals surface area contributed by atoms with Crippen LogP contribution in [0.3, 0.4) is 0 Å². The molecule has 0 aromatic carbocycles. The molecule has 0 aliphatic carbocycles. The second-order valence-corrected chi connectivity index (χ2v) is 3.91. The first-order chi connectivity index (χ1) is 6.20. The van der Waals surface area contributed by atoms with E-state index in [1.165, 1.54) is 6.33 Å². The van der Waals surface area contributed by atoms with Crippen molar-refractivity contribution in [2.24, 2.45) is 7.05 Å². The van der Waals surface area contributed by atoms with E-state index in [1.807, 2.05) is 0 Å². The summed E-state index contributed by atoms with van der Waals surface area (Å²) in [7, 11) is 0.702. The van der Waals surface area contributed by atoms with Crippen molar-refractivity contribution in [3.63, 3.8) is 0 Å². The molecular weight excluding hydrogens is 188 g/mol. The van der Waals surface area contributed by atoms with E-state index >= 15 is 0 Å². The van der Waals surface area contributed by atoms with Gasteiger partial charge in [0.2, 0.25) is 5.16 Å². The largest absolute Gasteiger partial charge is 0.305 e. The zero-order valence-corrected chi connectivity index (χ0v) is 8.08. The second-order valence-electron chi connectivity index (χ2n) is 2.64. The lowest BCUT2D eigenvalue weighted by Gasteiger charge is -1.95. The van der Waals surface area contributed by atoms with Gasteiger partial charge in [0.25, 0.3) is 0 Å². The third-order valence-electron chi connectivity index (χ3n) is 1.75. The third-order valence-corrected chi connectivity index (χ3v) is 2.63. The lowest BCUT2D eigenvalue weighted by atomic mass is 10.6. The van der Waals surface area contributed by atoms with Crippen LogP contribution < -0.4 is 0 Å². The summed E-state index contributed by atoms with van der Waals surface area (Å²) in [5.74, 6) is 0. The Hall–Kier alpha value is -1.30. The molecule has 5 nitrogen and oxygen atoms in total. The van der Waals surface area contributed by atoms with Crippen LogP contribution in [0.2, 0.25) is 0 Å². The number of rotatable bonds is 1. The normalized spacial score (nSPS) is 13.4. The van der Waals surface area contributed by atoms with Crippen LogP contribution >= 0.6 is 0 Å². The summed E-state index contributed by atoms with van der Waals surface area (Å²) in [5.41, 5.74) is 1.38. The minimum Gasteiger partial charge on any atom is -0.305 e. The monoisotopic (exact) mass is 196 g/mol. The van der Waals surface area contributed by atoms with Crippen molar-refractivity contribution in [3.8, 4) is 0 Å². The highest BCUT2D eigenvalue weighted by Crippen LogP contribution is 2.12. The molecule has 0 aliphatic rings. The Morgan fingerprint density at radius 2 is 2.31 bits per heavy atom. The van der Waals surface area contributed by atoms with Crippen LogP contribution in [0, 0.1) is 0 Å².